The Morgan fingerprint density at radius 3 is 2.39 bits per heavy atom. The van der Waals surface area contributed by atoms with Crippen molar-refractivity contribution in [3.05, 3.63) is 0 Å². The Morgan fingerprint density at radius 2 is 1.78 bits per heavy atom. The van der Waals surface area contributed by atoms with E-state index < -0.39 is 0 Å². The Balaban J connectivity index is 0.00000162. The van der Waals surface area contributed by atoms with Gasteiger partial charge >= 0.3 is 0 Å². The normalized spacial score (nSPS) is 20.6. The van der Waals surface area contributed by atoms with Crippen molar-refractivity contribution in [2.24, 2.45) is 16.8 Å². The third kappa shape index (κ3) is 6.25. The van der Waals surface area contributed by atoms with Crippen LogP contribution in [-0.4, -0.2) is 26.1 Å². The number of nitrogens with one attached hydrogen (secondary N) is 2. The van der Waals surface area contributed by atoms with Gasteiger partial charge in [-0.3, -0.25) is 4.99 Å². The van der Waals surface area contributed by atoms with Gasteiger partial charge in [0, 0.05) is 20.1 Å². The van der Waals surface area contributed by atoms with Gasteiger partial charge in [-0.2, -0.15) is 0 Å². The first-order valence-corrected chi connectivity index (χ1v) is 7.33. The van der Waals surface area contributed by atoms with Crippen molar-refractivity contribution in [2.75, 3.05) is 20.1 Å². The molecule has 3 nitrogen and oxygen atoms in total. The molecule has 18 heavy (non-hydrogen) atoms. The smallest absolute Gasteiger partial charge is 0.190 e. The first-order valence-electron chi connectivity index (χ1n) is 7.33. The van der Waals surface area contributed by atoms with Crippen LogP contribution in [0.5, 0.6) is 0 Å². The predicted molar refractivity (Wildman–Crippen MR) is 88.7 cm³/mol. The van der Waals surface area contributed by atoms with Crippen molar-refractivity contribution in [3.8, 4) is 0 Å². The molecule has 0 atom stereocenters. The fourth-order valence-electron chi connectivity index (χ4n) is 2.68. The summed E-state index contributed by atoms with van der Waals surface area (Å²) in [4.78, 5) is 4.25. The second-order valence-electron chi connectivity index (χ2n) is 5.62. The molecule has 0 unspecified atom stereocenters. The number of hydrogen-bond acceptors (Lipinski definition) is 1. The van der Waals surface area contributed by atoms with E-state index in [0.717, 1.165) is 30.9 Å². The van der Waals surface area contributed by atoms with Crippen molar-refractivity contribution >= 4 is 29.9 Å². The van der Waals surface area contributed by atoms with Gasteiger partial charge in [0.25, 0.3) is 0 Å². The van der Waals surface area contributed by atoms with Crippen LogP contribution in [0.15, 0.2) is 4.99 Å². The summed E-state index contributed by atoms with van der Waals surface area (Å²) in [6.07, 6.45) is 11.3. The van der Waals surface area contributed by atoms with Gasteiger partial charge in [0.1, 0.15) is 0 Å². The molecule has 0 aromatic carbocycles. The van der Waals surface area contributed by atoms with E-state index in [9.17, 15) is 0 Å². The zero-order valence-electron chi connectivity index (χ0n) is 11.6. The number of rotatable bonds is 6. The Bertz CT molecular complexity index is 245. The van der Waals surface area contributed by atoms with Crippen LogP contribution in [0.3, 0.4) is 0 Å². The summed E-state index contributed by atoms with van der Waals surface area (Å²) in [5.74, 6) is 2.91. The molecule has 2 rings (SSSR count). The second-order valence-corrected chi connectivity index (χ2v) is 5.62. The van der Waals surface area contributed by atoms with Crippen LogP contribution in [0, 0.1) is 11.8 Å². The molecule has 2 aliphatic rings. The lowest BCUT2D eigenvalue weighted by atomic mass is 10.0. The SMILES string of the molecule is CN=C(NCCCC1CCCC1)NCC1CC1.I. The van der Waals surface area contributed by atoms with Crippen molar-refractivity contribution in [3.63, 3.8) is 0 Å². The van der Waals surface area contributed by atoms with Crippen LogP contribution in [-0.2, 0) is 0 Å². The third-order valence-corrected chi connectivity index (χ3v) is 4.04. The first kappa shape index (κ1) is 16.1. The Kier molecular flexibility index (Phi) is 8.02. The minimum atomic E-state index is 0. The summed E-state index contributed by atoms with van der Waals surface area (Å²) in [5.41, 5.74) is 0. The highest BCUT2D eigenvalue weighted by Crippen LogP contribution is 2.28. The summed E-state index contributed by atoms with van der Waals surface area (Å²) in [6.45, 7) is 2.17. The average molecular weight is 365 g/mol. The van der Waals surface area contributed by atoms with Gasteiger partial charge in [-0.25, -0.2) is 0 Å². The topological polar surface area (TPSA) is 36.4 Å². The lowest BCUT2D eigenvalue weighted by Crippen LogP contribution is -2.38. The number of aliphatic imine (C=N–C) groups is 1. The predicted octanol–water partition coefficient (Wildman–Crippen LogP) is 3.15. The van der Waals surface area contributed by atoms with Crippen LogP contribution in [0.2, 0.25) is 0 Å². The van der Waals surface area contributed by atoms with E-state index in [0.29, 0.717) is 0 Å². The highest BCUT2D eigenvalue weighted by atomic mass is 127. The van der Waals surface area contributed by atoms with E-state index in [1.54, 1.807) is 0 Å². The van der Waals surface area contributed by atoms with Crippen molar-refractivity contribution in [1.29, 1.82) is 0 Å². The zero-order valence-corrected chi connectivity index (χ0v) is 13.9. The average Bonchev–Trinajstić information content (AvgIpc) is 3.03. The minimum Gasteiger partial charge on any atom is -0.356 e. The molecule has 2 fully saturated rings. The van der Waals surface area contributed by atoms with Crippen LogP contribution >= 0.6 is 24.0 Å². The quantitative estimate of drug-likeness (QED) is 0.328. The van der Waals surface area contributed by atoms with E-state index in [2.05, 4.69) is 15.6 Å². The maximum absolute atomic E-state index is 4.25. The number of guanidine groups is 1. The molecule has 0 aromatic heterocycles. The van der Waals surface area contributed by atoms with E-state index in [1.165, 1.54) is 51.4 Å². The molecular weight excluding hydrogens is 337 g/mol. The molecule has 0 aliphatic heterocycles. The molecule has 0 saturated heterocycles. The van der Waals surface area contributed by atoms with E-state index in [-0.39, 0.29) is 24.0 Å². The molecule has 2 saturated carbocycles. The van der Waals surface area contributed by atoms with Crippen molar-refractivity contribution in [2.45, 2.75) is 51.4 Å². The standard InChI is InChI=1S/C14H27N3.HI/c1-15-14(17-11-13-8-9-13)16-10-4-7-12-5-2-3-6-12;/h12-13H,2-11H2,1H3,(H2,15,16,17);1H. The van der Waals surface area contributed by atoms with E-state index >= 15 is 0 Å². The molecule has 2 N–H and O–H groups in total. The molecule has 0 amide bonds. The van der Waals surface area contributed by atoms with Gasteiger partial charge < -0.3 is 10.6 Å². The molecular formula is C14H28IN3. The van der Waals surface area contributed by atoms with Gasteiger partial charge in [-0.1, -0.05) is 25.7 Å². The summed E-state index contributed by atoms with van der Waals surface area (Å²) in [7, 11) is 1.86. The van der Waals surface area contributed by atoms with Crippen molar-refractivity contribution in [1.82, 2.24) is 10.6 Å². The van der Waals surface area contributed by atoms with Crippen LogP contribution in [0.1, 0.15) is 51.4 Å². The largest absolute Gasteiger partial charge is 0.356 e. The van der Waals surface area contributed by atoms with Crippen LogP contribution in [0.4, 0.5) is 0 Å². The number of hydrogen-bond donors (Lipinski definition) is 2. The molecule has 0 spiro atoms. The van der Waals surface area contributed by atoms with Crippen LogP contribution in [0.25, 0.3) is 0 Å². The molecule has 0 radical (unpaired) electrons. The van der Waals surface area contributed by atoms with E-state index in [1.807, 2.05) is 7.05 Å². The summed E-state index contributed by atoms with van der Waals surface area (Å²) in [6, 6.07) is 0. The van der Waals surface area contributed by atoms with Gasteiger partial charge in [-0.05, 0) is 37.5 Å². The fourth-order valence-corrected chi connectivity index (χ4v) is 2.68. The summed E-state index contributed by atoms with van der Waals surface area (Å²) >= 11 is 0. The Morgan fingerprint density at radius 1 is 1.06 bits per heavy atom. The maximum atomic E-state index is 4.25. The minimum absolute atomic E-state index is 0. The highest BCUT2D eigenvalue weighted by Gasteiger charge is 2.21. The monoisotopic (exact) mass is 365 g/mol. The Labute approximate surface area is 129 Å². The lowest BCUT2D eigenvalue weighted by Gasteiger charge is -2.13. The van der Waals surface area contributed by atoms with Gasteiger partial charge in [0.15, 0.2) is 5.96 Å². The number of nitrogens with zero attached hydrogens (tertiary/aromatic N) is 1. The van der Waals surface area contributed by atoms with Crippen molar-refractivity contribution < 1.29 is 0 Å². The zero-order chi connectivity index (χ0) is 11.9. The van der Waals surface area contributed by atoms with E-state index in [4.69, 9.17) is 0 Å². The van der Waals surface area contributed by atoms with Crippen LogP contribution < -0.4 is 10.6 Å². The maximum Gasteiger partial charge on any atom is 0.190 e. The lowest BCUT2D eigenvalue weighted by molar-refractivity contribution is 0.481. The molecule has 2 aliphatic carbocycles. The highest BCUT2D eigenvalue weighted by molar-refractivity contribution is 14.0. The third-order valence-electron chi connectivity index (χ3n) is 4.04. The summed E-state index contributed by atoms with van der Waals surface area (Å²) in [5, 5.41) is 6.81. The van der Waals surface area contributed by atoms with Gasteiger partial charge in [0.2, 0.25) is 0 Å². The molecule has 0 bridgehead atoms. The Hall–Kier alpha value is 0. The molecule has 0 heterocycles. The van der Waals surface area contributed by atoms with Gasteiger partial charge in [-0.15, -0.1) is 24.0 Å². The first-order chi connectivity index (χ1) is 8.38. The van der Waals surface area contributed by atoms with Gasteiger partial charge in [0.05, 0.1) is 0 Å². The molecule has 4 heteroatoms. The number of halogens is 1. The molecule has 0 aromatic rings. The molecule has 106 valence electrons. The second kappa shape index (κ2) is 8.99. The summed E-state index contributed by atoms with van der Waals surface area (Å²) < 4.78 is 0. The fraction of sp³-hybridized carbons (Fsp3) is 0.929.